The predicted molar refractivity (Wildman–Crippen MR) is 38.4 cm³/mol. The summed E-state index contributed by atoms with van der Waals surface area (Å²) in [6.07, 6.45) is 2.14. The van der Waals surface area contributed by atoms with Crippen LogP contribution in [-0.2, 0) is 4.74 Å². The molecule has 0 saturated carbocycles. The lowest BCUT2D eigenvalue weighted by Gasteiger charge is -2.38. The van der Waals surface area contributed by atoms with Crippen LogP contribution < -0.4 is 10.6 Å². The van der Waals surface area contributed by atoms with Crippen LogP contribution in [-0.4, -0.2) is 26.2 Å². The van der Waals surface area contributed by atoms with Crippen molar-refractivity contribution in [3.05, 3.63) is 12.0 Å². The number of rotatable bonds is 2. The van der Waals surface area contributed by atoms with Crippen LogP contribution in [0.15, 0.2) is 12.0 Å². The maximum atomic E-state index is 4.96. The topological polar surface area (TPSA) is 33.3 Å². The number of methoxy groups -OCH3 is 1. The predicted octanol–water partition coefficient (Wildman–Crippen LogP) is -0.335. The van der Waals surface area contributed by atoms with E-state index in [-0.39, 0.29) is 0 Å². The average molecular weight is 140 g/mol. The van der Waals surface area contributed by atoms with Gasteiger partial charge in [0.2, 0.25) is 0 Å². The summed E-state index contributed by atoms with van der Waals surface area (Å²) >= 11 is 0. The molecule has 0 spiro atoms. The number of ether oxygens (including phenoxy) is 1. The molecule has 2 rings (SSSR count). The fraction of sp³-hybridized carbons (Fsp3) is 0.714. The van der Waals surface area contributed by atoms with E-state index in [0.717, 1.165) is 24.9 Å². The van der Waals surface area contributed by atoms with Gasteiger partial charge in [-0.05, 0) is 6.08 Å². The Hall–Kier alpha value is -0.700. The molecule has 10 heavy (non-hydrogen) atoms. The zero-order valence-corrected chi connectivity index (χ0v) is 6.05. The normalized spacial score (nSPS) is 31.3. The van der Waals surface area contributed by atoms with Gasteiger partial charge in [0, 0.05) is 19.0 Å². The lowest BCUT2D eigenvalue weighted by Crippen LogP contribution is -2.56. The summed E-state index contributed by atoms with van der Waals surface area (Å²) in [6.45, 7) is 2.29. The smallest absolute Gasteiger partial charge is 0.184 e. The van der Waals surface area contributed by atoms with Crippen LogP contribution >= 0.6 is 0 Å². The first kappa shape index (κ1) is 6.04. The van der Waals surface area contributed by atoms with Gasteiger partial charge in [-0.15, -0.1) is 0 Å². The first-order valence-electron chi connectivity index (χ1n) is 3.63. The van der Waals surface area contributed by atoms with Gasteiger partial charge >= 0.3 is 0 Å². The highest BCUT2D eigenvalue weighted by Gasteiger charge is 2.31. The molecule has 2 heterocycles. The van der Waals surface area contributed by atoms with Crippen molar-refractivity contribution in [2.45, 2.75) is 6.04 Å². The van der Waals surface area contributed by atoms with E-state index in [1.54, 1.807) is 7.11 Å². The minimum atomic E-state index is 0.566. The van der Waals surface area contributed by atoms with Gasteiger partial charge in [-0.3, -0.25) is 0 Å². The van der Waals surface area contributed by atoms with E-state index in [1.807, 2.05) is 0 Å². The lowest BCUT2D eigenvalue weighted by molar-refractivity contribution is 0.185. The van der Waals surface area contributed by atoms with Gasteiger partial charge in [-0.1, -0.05) is 0 Å². The lowest BCUT2D eigenvalue weighted by atomic mass is 9.91. The third-order valence-corrected chi connectivity index (χ3v) is 2.18. The summed E-state index contributed by atoms with van der Waals surface area (Å²) in [5, 5.41) is 6.46. The summed E-state index contributed by atoms with van der Waals surface area (Å²) in [4.78, 5) is 0. The SMILES string of the molecule is COC1=CC(C2CNC2)N1. The summed E-state index contributed by atoms with van der Waals surface area (Å²) in [5.41, 5.74) is 0. The fourth-order valence-corrected chi connectivity index (χ4v) is 1.27. The highest BCUT2D eigenvalue weighted by Crippen LogP contribution is 2.19. The summed E-state index contributed by atoms with van der Waals surface area (Å²) in [5.74, 6) is 1.72. The van der Waals surface area contributed by atoms with Gasteiger partial charge < -0.3 is 15.4 Å². The molecule has 1 saturated heterocycles. The van der Waals surface area contributed by atoms with Gasteiger partial charge in [0.1, 0.15) is 0 Å². The Bertz CT molecular complexity index is 163. The highest BCUT2D eigenvalue weighted by atomic mass is 16.5. The molecule has 0 aliphatic carbocycles. The molecule has 2 aliphatic heterocycles. The Morgan fingerprint density at radius 1 is 1.60 bits per heavy atom. The highest BCUT2D eigenvalue weighted by molar-refractivity contribution is 5.15. The minimum absolute atomic E-state index is 0.566. The van der Waals surface area contributed by atoms with E-state index >= 15 is 0 Å². The van der Waals surface area contributed by atoms with Crippen molar-refractivity contribution in [2.24, 2.45) is 5.92 Å². The van der Waals surface area contributed by atoms with Crippen LogP contribution in [0.25, 0.3) is 0 Å². The molecule has 3 heteroatoms. The molecule has 2 N–H and O–H groups in total. The summed E-state index contributed by atoms with van der Waals surface area (Å²) in [6, 6.07) is 0.566. The largest absolute Gasteiger partial charge is 0.483 e. The van der Waals surface area contributed by atoms with E-state index in [4.69, 9.17) is 4.74 Å². The second kappa shape index (κ2) is 2.16. The standard InChI is InChI=1S/C7H12N2O/c1-10-7-2-6(9-7)5-3-8-4-5/h2,5-6,8-9H,3-4H2,1H3. The van der Waals surface area contributed by atoms with Crippen molar-refractivity contribution in [1.29, 1.82) is 0 Å². The van der Waals surface area contributed by atoms with E-state index in [2.05, 4.69) is 16.7 Å². The third kappa shape index (κ3) is 0.778. The van der Waals surface area contributed by atoms with Crippen LogP contribution in [0.1, 0.15) is 0 Å². The van der Waals surface area contributed by atoms with Crippen molar-refractivity contribution in [3.63, 3.8) is 0 Å². The molecule has 0 aromatic heterocycles. The summed E-state index contributed by atoms with van der Waals surface area (Å²) < 4.78 is 4.96. The van der Waals surface area contributed by atoms with Gasteiger partial charge in [0.25, 0.3) is 0 Å². The Labute approximate surface area is 60.4 Å². The van der Waals surface area contributed by atoms with Gasteiger partial charge in [-0.2, -0.15) is 0 Å². The first-order valence-corrected chi connectivity index (χ1v) is 3.63. The van der Waals surface area contributed by atoms with Crippen molar-refractivity contribution in [1.82, 2.24) is 10.6 Å². The molecule has 3 nitrogen and oxygen atoms in total. The quantitative estimate of drug-likeness (QED) is 0.551. The zero-order valence-electron chi connectivity index (χ0n) is 6.05. The Morgan fingerprint density at radius 2 is 2.30 bits per heavy atom. The van der Waals surface area contributed by atoms with Gasteiger partial charge in [-0.25, -0.2) is 0 Å². The molecular formula is C7H12N2O. The molecule has 1 atom stereocenters. The molecule has 1 unspecified atom stereocenters. The zero-order chi connectivity index (χ0) is 6.97. The number of nitrogens with one attached hydrogen (secondary N) is 2. The molecule has 0 bridgehead atoms. The molecule has 0 radical (unpaired) electrons. The van der Waals surface area contributed by atoms with E-state index < -0.39 is 0 Å². The van der Waals surface area contributed by atoms with E-state index in [9.17, 15) is 0 Å². The Balaban J connectivity index is 1.83. The number of hydrogen-bond acceptors (Lipinski definition) is 3. The Kier molecular flexibility index (Phi) is 1.31. The van der Waals surface area contributed by atoms with Crippen molar-refractivity contribution in [2.75, 3.05) is 20.2 Å². The molecule has 2 aliphatic rings. The monoisotopic (exact) mass is 140 g/mol. The second-order valence-corrected chi connectivity index (χ2v) is 2.82. The third-order valence-electron chi connectivity index (χ3n) is 2.18. The van der Waals surface area contributed by atoms with Gasteiger partial charge in [0.05, 0.1) is 13.2 Å². The maximum Gasteiger partial charge on any atom is 0.184 e. The van der Waals surface area contributed by atoms with Crippen molar-refractivity contribution < 1.29 is 4.74 Å². The molecule has 0 aromatic carbocycles. The fourth-order valence-electron chi connectivity index (χ4n) is 1.27. The average Bonchev–Trinajstić information content (AvgIpc) is 1.72. The first-order chi connectivity index (χ1) is 4.90. The minimum Gasteiger partial charge on any atom is -0.483 e. The number of hydrogen-bond donors (Lipinski definition) is 2. The van der Waals surface area contributed by atoms with Gasteiger partial charge in [0.15, 0.2) is 5.88 Å². The van der Waals surface area contributed by atoms with E-state index in [0.29, 0.717) is 6.04 Å². The van der Waals surface area contributed by atoms with Crippen molar-refractivity contribution >= 4 is 0 Å². The molecule has 1 fully saturated rings. The van der Waals surface area contributed by atoms with Crippen LogP contribution in [0.2, 0.25) is 0 Å². The van der Waals surface area contributed by atoms with E-state index in [1.165, 1.54) is 0 Å². The van der Waals surface area contributed by atoms with Crippen molar-refractivity contribution in [3.8, 4) is 0 Å². The molecule has 56 valence electrons. The van der Waals surface area contributed by atoms with Crippen LogP contribution in [0, 0.1) is 5.92 Å². The Morgan fingerprint density at radius 3 is 2.70 bits per heavy atom. The van der Waals surface area contributed by atoms with Crippen LogP contribution in [0.5, 0.6) is 0 Å². The molecular weight excluding hydrogens is 128 g/mol. The second-order valence-electron chi connectivity index (χ2n) is 2.82. The molecule has 0 amide bonds. The maximum absolute atomic E-state index is 4.96. The van der Waals surface area contributed by atoms with Crippen LogP contribution in [0.3, 0.4) is 0 Å². The van der Waals surface area contributed by atoms with Crippen LogP contribution in [0.4, 0.5) is 0 Å². The molecule has 0 aromatic rings. The summed E-state index contributed by atoms with van der Waals surface area (Å²) in [7, 11) is 1.69.